The Morgan fingerprint density at radius 3 is 2.76 bits per heavy atom. The van der Waals surface area contributed by atoms with Crippen molar-refractivity contribution in [3.05, 3.63) is 41.7 Å². The number of ether oxygens (including phenoxy) is 1. The highest BCUT2D eigenvalue weighted by molar-refractivity contribution is 5.92. The molecule has 2 N–H and O–H groups in total. The highest BCUT2D eigenvalue weighted by atomic mass is 16.5. The summed E-state index contributed by atoms with van der Waals surface area (Å²) < 4.78 is 6.96. The minimum absolute atomic E-state index is 0.163. The lowest BCUT2D eigenvalue weighted by Crippen LogP contribution is -2.25. The number of aromatic nitrogens is 2. The van der Waals surface area contributed by atoms with Gasteiger partial charge in [-0.3, -0.25) is 9.59 Å². The van der Waals surface area contributed by atoms with Gasteiger partial charge in [0.2, 0.25) is 0 Å². The first-order chi connectivity index (χ1) is 12.0. The van der Waals surface area contributed by atoms with Gasteiger partial charge in [-0.2, -0.15) is 5.10 Å². The number of nitrogens with zero attached hydrogens (tertiary/aromatic N) is 2. The van der Waals surface area contributed by atoms with Gasteiger partial charge in [0.15, 0.2) is 5.69 Å². The quantitative estimate of drug-likeness (QED) is 0.681. The van der Waals surface area contributed by atoms with Crippen LogP contribution in [0.15, 0.2) is 30.5 Å². The van der Waals surface area contributed by atoms with Crippen molar-refractivity contribution in [3.8, 4) is 11.4 Å². The van der Waals surface area contributed by atoms with E-state index in [4.69, 9.17) is 9.84 Å². The van der Waals surface area contributed by atoms with Crippen molar-refractivity contribution >= 4 is 11.9 Å². The van der Waals surface area contributed by atoms with Gasteiger partial charge in [0.1, 0.15) is 11.4 Å². The highest BCUT2D eigenvalue weighted by Crippen LogP contribution is 2.23. The Morgan fingerprint density at radius 2 is 2.04 bits per heavy atom. The smallest absolute Gasteiger partial charge is 0.303 e. The van der Waals surface area contributed by atoms with E-state index in [1.807, 2.05) is 25.1 Å². The Balaban J connectivity index is 1.91. The first kappa shape index (κ1) is 18.5. The lowest BCUT2D eigenvalue weighted by molar-refractivity contribution is -0.137. The van der Waals surface area contributed by atoms with Crippen molar-refractivity contribution in [2.24, 2.45) is 0 Å². The number of aryl methyl sites for hydroxylation is 1. The molecule has 2 rings (SSSR count). The fourth-order valence-electron chi connectivity index (χ4n) is 2.43. The van der Waals surface area contributed by atoms with E-state index in [-0.39, 0.29) is 12.3 Å². The third-order valence-corrected chi connectivity index (χ3v) is 3.76. The first-order valence-corrected chi connectivity index (χ1v) is 8.22. The van der Waals surface area contributed by atoms with E-state index in [1.165, 1.54) is 0 Å². The van der Waals surface area contributed by atoms with Crippen LogP contribution in [0.2, 0.25) is 0 Å². The summed E-state index contributed by atoms with van der Waals surface area (Å²) in [5, 5.41) is 15.7. The lowest BCUT2D eigenvalue weighted by Gasteiger charge is -2.09. The third-order valence-electron chi connectivity index (χ3n) is 3.76. The number of nitrogens with one attached hydrogen (secondary N) is 1. The van der Waals surface area contributed by atoms with Crippen molar-refractivity contribution < 1.29 is 19.4 Å². The minimum atomic E-state index is -0.791. The molecule has 0 unspecified atom stereocenters. The zero-order valence-corrected chi connectivity index (χ0v) is 14.5. The number of amides is 1. The SMILES string of the molecule is COc1ccc(C)cc1-n1ccc(C(=O)NCCCCCC(=O)O)n1. The molecule has 0 atom stereocenters. The van der Waals surface area contributed by atoms with Crippen LogP contribution in [-0.2, 0) is 4.79 Å². The van der Waals surface area contributed by atoms with E-state index in [9.17, 15) is 9.59 Å². The topological polar surface area (TPSA) is 93.5 Å². The van der Waals surface area contributed by atoms with Gasteiger partial charge in [-0.25, -0.2) is 4.68 Å². The second-order valence-corrected chi connectivity index (χ2v) is 5.78. The summed E-state index contributed by atoms with van der Waals surface area (Å²) >= 11 is 0. The van der Waals surface area contributed by atoms with E-state index in [1.54, 1.807) is 24.1 Å². The molecule has 0 fully saturated rings. The second-order valence-electron chi connectivity index (χ2n) is 5.78. The summed E-state index contributed by atoms with van der Waals surface area (Å²) in [5.74, 6) is -0.358. The van der Waals surface area contributed by atoms with E-state index in [0.717, 1.165) is 24.1 Å². The van der Waals surface area contributed by atoms with E-state index >= 15 is 0 Å². The number of unbranched alkanes of at least 4 members (excludes halogenated alkanes) is 2. The molecule has 0 bridgehead atoms. The average molecular weight is 345 g/mol. The van der Waals surface area contributed by atoms with Gasteiger partial charge in [0.25, 0.3) is 5.91 Å². The lowest BCUT2D eigenvalue weighted by atomic mass is 10.2. The maximum Gasteiger partial charge on any atom is 0.303 e. The zero-order chi connectivity index (χ0) is 18.2. The van der Waals surface area contributed by atoms with Crippen LogP contribution in [0.3, 0.4) is 0 Å². The van der Waals surface area contributed by atoms with Gasteiger partial charge < -0.3 is 15.2 Å². The average Bonchev–Trinajstić information content (AvgIpc) is 3.07. The molecule has 0 spiro atoms. The summed E-state index contributed by atoms with van der Waals surface area (Å²) in [6, 6.07) is 7.41. The van der Waals surface area contributed by atoms with Gasteiger partial charge in [-0.15, -0.1) is 0 Å². The standard InChI is InChI=1S/C18H23N3O4/c1-13-7-8-16(25-2)15(12-13)21-11-9-14(20-21)18(24)19-10-5-3-4-6-17(22)23/h7-9,11-12H,3-6,10H2,1-2H3,(H,19,24)(H,22,23). The Morgan fingerprint density at radius 1 is 1.24 bits per heavy atom. The van der Waals surface area contributed by atoms with Crippen LogP contribution in [0.5, 0.6) is 5.75 Å². The van der Waals surface area contributed by atoms with Crippen molar-refractivity contribution in [2.75, 3.05) is 13.7 Å². The Hall–Kier alpha value is -2.83. The number of rotatable bonds is 9. The van der Waals surface area contributed by atoms with Crippen molar-refractivity contribution in [2.45, 2.75) is 32.6 Å². The summed E-state index contributed by atoms with van der Waals surface area (Å²) in [6.45, 7) is 2.48. The number of hydrogen-bond acceptors (Lipinski definition) is 4. The van der Waals surface area contributed by atoms with Gasteiger partial charge >= 0.3 is 5.97 Å². The summed E-state index contributed by atoms with van der Waals surface area (Å²) in [6.07, 6.45) is 4.01. The second kappa shape index (κ2) is 8.86. The molecule has 0 aliphatic heterocycles. The van der Waals surface area contributed by atoms with Gasteiger partial charge in [-0.1, -0.05) is 12.5 Å². The predicted octanol–water partition coefficient (Wildman–Crippen LogP) is 2.56. The zero-order valence-electron chi connectivity index (χ0n) is 14.5. The maximum absolute atomic E-state index is 12.1. The summed E-state index contributed by atoms with van der Waals surface area (Å²) in [5.41, 5.74) is 2.17. The molecule has 1 amide bonds. The number of methoxy groups -OCH3 is 1. The molecule has 0 saturated carbocycles. The normalized spacial score (nSPS) is 10.5. The van der Waals surface area contributed by atoms with Crippen molar-refractivity contribution in [3.63, 3.8) is 0 Å². The van der Waals surface area contributed by atoms with Crippen LogP contribution in [0.4, 0.5) is 0 Å². The Labute approximate surface area is 146 Å². The number of carboxylic acids is 1. The van der Waals surface area contributed by atoms with E-state index < -0.39 is 5.97 Å². The van der Waals surface area contributed by atoms with Gasteiger partial charge in [-0.05, 0) is 43.5 Å². The van der Waals surface area contributed by atoms with Crippen LogP contribution < -0.4 is 10.1 Å². The molecule has 0 saturated heterocycles. The molecular formula is C18H23N3O4. The summed E-state index contributed by atoms with van der Waals surface area (Å²) in [4.78, 5) is 22.6. The van der Waals surface area contributed by atoms with E-state index in [2.05, 4.69) is 10.4 Å². The fraction of sp³-hybridized carbons (Fsp3) is 0.389. The molecule has 0 aliphatic carbocycles. The third kappa shape index (κ3) is 5.34. The largest absolute Gasteiger partial charge is 0.494 e. The monoisotopic (exact) mass is 345 g/mol. The molecule has 7 heteroatoms. The maximum atomic E-state index is 12.1. The molecule has 0 aliphatic rings. The number of carbonyl (C=O) groups is 2. The molecule has 1 aromatic carbocycles. The molecule has 1 aromatic heterocycles. The van der Waals surface area contributed by atoms with E-state index in [0.29, 0.717) is 24.4 Å². The Bertz CT molecular complexity index is 740. The molecule has 134 valence electrons. The molecule has 1 heterocycles. The van der Waals surface area contributed by atoms with Gasteiger partial charge in [0, 0.05) is 19.2 Å². The van der Waals surface area contributed by atoms with Crippen LogP contribution in [0.1, 0.15) is 41.7 Å². The number of carbonyl (C=O) groups excluding carboxylic acids is 1. The minimum Gasteiger partial charge on any atom is -0.494 e. The Kier molecular flexibility index (Phi) is 6.56. The number of aliphatic carboxylic acids is 1. The van der Waals surface area contributed by atoms with Crippen LogP contribution in [0, 0.1) is 6.92 Å². The van der Waals surface area contributed by atoms with Crippen molar-refractivity contribution in [1.29, 1.82) is 0 Å². The van der Waals surface area contributed by atoms with Gasteiger partial charge in [0.05, 0.1) is 7.11 Å². The first-order valence-electron chi connectivity index (χ1n) is 8.22. The fourth-order valence-corrected chi connectivity index (χ4v) is 2.43. The highest BCUT2D eigenvalue weighted by Gasteiger charge is 2.12. The van der Waals surface area contributed by atoms with Crippen LogP contribution >= 0.6 is 0 Å². The molecule has 2 aromatic rings. The predicted molar refractivity (Wildman–Crippen MR) is 93.3 cm³/mol. The number of hydrogen-bond donors (Lipinski definition) is 2. The molecule has 0 radical (unpaired) electrons. The summed E-state index contributed by atoms with van der Waals surface area (Å²) in [7, 11) is 1.59. The number of benzene rings is 1. The number of carboxylic acid groups (broad SMARTS) is 1. The molecule has 7 nitrogen and oxygen atoms in total. The molecular weight excluding hydrogens is 322 g/mol. The van der Waals surface area contributed by atoms with Crippen LogP contribution in [-0.4, -0.2) is 40.4 Å². The molecule has 25 heavy (non-hydrogen) atoms. The van der Waals surface area contributed by atoms with Crippen LogP contribution in [0.25, 0.3) is 5.69 Å². The van der Waals surface area contributed by atoms with Crippen molar-refractivity contribution in [1.82, 2.24) is 15.1 Å².